The predicted octanol–water partition coefficient (Wildman–Crippen LogP) is 1.94. The highest BCUT2D eigenvalue weighted by molar-refractivity contribution is 6.28. The summed E-state index contributed by atoms with van der Waals surface area (Å²) in [6, 6.07) is 10.2. The van der Waals surface area contributed by atoms with Crippen molar-refractivity contribution in [3.05, 3.63) is 51.3 Å². The minimum Gasteiger partial charge on any atom is -0.378 e. The molecule has 8 nitrogen and oxygen atoms in total. The van der Waals surface area contributed by atoms with E-state index in [-0.39, 0.29) is 22.6 Å². The van der Waals surface area contributed by atoms with Gasteiger partial charge in [-0.2, -0.15) is 9.97 Å². The van der Waals surface area contributed by atoms with Gasteiger partial charge in [0.2, 0.25) is 16.9 Å². The number of nitrogens with zero attached hydrogens (tertiary/aromatic N) is 5. The van der Waals surface area contributed by atoms with Crippen LogP contribution in [-0.4, -0.2) is 46.0 Å². The van der Waals surface area contributed by atoms with Crippen LogP contribution in [-0.2, 0) is 6.54 Å². The zero-order valence-electron chi connectivity index (χ0n) is 12.9. The van der Waals surface area contributed by atoms with Gasteiger partial charge in [0, 0.05) is 32.7 Å². The summed E-state index contributed by atoms with van der Waals surface area (Å²) < 4.78 is 0. The molecule has 0 amide bonds. The fraction of sp³-hybridized carbons (Fsp3) is 0.333. The number of nitro groups is 1. The molecule has 1 aliphatic heterocycles. The third kappa shape index (κ3) is 3.55. The van der Waals surface area contributed by atoms with E-state index in [1.54, 1.807) is 0 Å². The van der Waals surface area contributed by atoms with Crippen molar-refractivity contribution in [3.63, 3.8) is 0 Å². The van der Waals surface area contributed by atoms with E-state index < -0.39 is 4.92 Å². The molecule has 0 atom stereocenters. The molecule has 24 heavy (non-hydrogen) atoms. The van der Waals surface area contributed by atoms with E-state index in [9.17, 15) is 10.1 Å². The topological polar surface area (TPSA) is 101 Å². The Morgan fingerprint density at radius 1 is 1.17 bits per heavy atom. The summed E-state index contributed by atoms with van der Waals surface area (Å²) in [5.41, 5.74) is 6.61. The Hall–Kier alpha value is -2.45. The van der Waals surface area contributed by atoms with Crippen molar-refractivity contribution < 1.29 is 4.92 Å². The van der Waals surface area contributed by atoms with Crippen molar-refractivity contribution in [3.8, 4) is 0 Å². The number of hydrogen-bond donors (Lipinski definition) is 1. The average Bonchev–Trinajstić information content (AvgIpc) is 2.55. The monoisotopic (exact) mass is 348 g/mol. The first-order valence-corrected chi connectivity index (χ1v) is 7.91. The van der Waals surface area contributed by atoms with Crippen LogP contribution in [0.3, 0.4) is 0 Å². The van der Waals surface area contributed by atoms with Gasteiger partial charge in [0.15, 0.2) is 0 Å². The van der Waals surface area contributed by atoms with Gasteiger partial charge in [-0.25, -0.2) is 0 Å². The summed E-state index contributed by atoms with van der Waals surface area (Å²) in [7, 11) is 0. The van der Waals surface area contributed by atoms with E-state index in [0.717, 1.165) is 19.6 Å². The molecule has 126 valence electrons. The summed E-state index contributed by atoms with van der Waals surface area (Å²) in [6.45, 7) is 3.62. The molecule has 0 saturated carbocycles. The number of rotatable bonds is 4. The van der Waals surface area contributed by atoms with Gasteiger partial charge in [0.25, 0.3) is 0 Å². The summed E-state index contributed by atoms with van der Waals surface area (Å²) in [5.74, 6) is -0.0152. The maximum absolute atomic E-state index is 11.3. The highest BCUT2D eigenvalue weighted by Crippen LogP contribution is 2.32. The van der Waals surface area contributed by atoms with Crippen molar-refractivity contribution >= 4 is 28.9 Å². The lowest BCUT2D eigenvalue weighted by atomic mass is 10.2. The van der Waals surface area contributed by atoms with Crippen LogP contribution < -0.4 is 10.6 Å². The molecular weight excluding hydrogens is 332 g/mol. The van der Waals surface area contributed by atoms with Crippen molar-refractivity contribution in [2.24, 2.45) is 0 Å². The Morgan fingerprint density at radius 2 is 1.83 bits per heavy atom. The highest BCUT2D eigenvalue weighted by atomic mass is 35.5. The lowest BCUT2D eigenvalue weighted by molar-refractivity contribution is -0.383. The number of piperazine rings is 1. The second kappa shape index (κ2) is 6.98. The van der Waals surface area contributed by atoms with Crippen molar-refractivity contribution in [2.75, 3.05) is 36.8 Å². The van der Waals surface area contributed by atoms with Gasteiger partial charge in [-0.15, -0.1) is 0 Å². The first-order valence-electron chi connectivity index (χ1n) is 7.53. The van der Waals surface area contributed by atoms with Crippen LogP contribution in [0.1, 0.15) is 5.56 Å². The molecule has 0 radical (unpaired) electrons. The number of halogens is 1. The van der Waals surface area contributed by atoms with Crippen molar-refractivity contribution in [1.82, 2.24) is 14.9 Å². The Labute approximate surface area is 144 Å². The number of nitrogens with two attached hydrogens (primary N) is 1. The van der Waals surface area contributed by atoms with Crippen LogP contribution in [0, 0.1) is 10.1 Å². The molecule has 9 heteroatoms. The lowest BCUT2D eigenvalue weighted by Crippen LogP contribution is -2.46. The van der Waals surface area contributed by atoms with Crippen LogP contribution in [0.25, 0.3) is 0 Å². The van der Waals surface area contributed by atoms with Gasteiger partial charge in [-0.1, -0.05) is 30.3 Å². The number of benzene rings is 1. The van der Waals surface area contributed by atoms with Gasteiger partial charge in [-0.05, 0) is 17.2 Å². The minimum atomic E-state index is -0.558. The molecule has 1 saturated heterocycles. The minimum absolute atomic E-state index is 0.0835. The van der Waals surface area contributed by atoms with E-state index in [4.69, 9.17) is 17.3 Å². The Bertz CT molecular complexity index is 734. The van der Waals surface area contributed by atoms with E-state index in [1.165, 1.54) is 5.56 Å². The maximum Gasteiger partial charge on any atom is 0.353 e. The van der Waals surface area contributed by atoms with Crippen LogP contribution >= 0.6 is 11.6 Å². The van der Waals surface area contributed by atoms with Crippen LogP contribution in [0.4, 0.5) is 17.3 Å². The van der Waals surface area contributed by atoms with E-state index in [0.29, 0.717) is 13.1 Å². The van der Waals surface area contributed by atoms with Gasteiger partial charge >= 0.3 is 5.69 Å². The summed E-state index contributed by atoms with van der Waals surface area (Å²) >= 11 is 5.82. The predicted molar refractivity (Wildman–Crippen MR) is 92.0 cm³/mol. The van der Waals surface area contributed by atoms with Crippen LogP contribution in [0.15, 0.2) is 30.3 Å². The summed E-state index contributed by atoms with van der Waals surface area (Å²) in [6.07, 6.45) is 0. The van der Waals surface area contributed by atoms with Crippen LogP contribution in [0.5, 0.6) is 0 Å². The molecule has 0 bridgehead atoms. The van der Waals surface area contributed by atoms with Crippen molar-refractivity contribution in [1.29, 1.82) is 0 Å². The second-order valence-corrected chi connectivity index (χ2v) is 5.89. The molecule has 1 aromatic heterocycles. The first-order chi connectivity index (χ1) is 11.5. The van der Waals surface area contributed by atoms with Crippen molar-refractivity contribution in [2.45, 2.75) is 6.54 Å². The quantitative estimate of drug-likeness (QED) is 0.511. The number of nitrogen functional groups attached to an aromatic ring is 1. The summed E-state index contributed by atoms with van der Waals surface area (Å²) in [5, 5.41) is 11.2. The fourth-order valence-corrected chi connectivity index (χ4v) is 2.96. The molecule has 0 spiro atoms. The Morgan fingerprint density at radius 3 is 2.46 bits per heavy atom. The van der Waals surface area contributed by atoms with E-state index in [1.807, 2.05) is 23.1 Å². The SMILES string of the molecule is Nc1nc(Cl)nc(N2CCN(Cc3ccccc3)CC2)c1[N+](=O)[O-]. The molecule has 0 aliphatic carbocycles. The molecule has 2 aromatic rings. The standard InChI is InChI=1S/C15H17ClN6O2/c16-15-18-13(17)12(22(23)24)14(19-15)21-8-6-20(7-9-21)10-11-4-2-1-3-5-11/h1-5H,6-10H2,(H2,17,18,19). The smallest absolute Gasteiger partial charge is 0.353 e. The number of aromatic nitrogens is 2. The lowest BCUT2D eigenvalue weighted by Gasteiger charge is -2.35. The molecule has 2 N–H and O–H groups in total. The van der Waals surface area contributed by atoms with Gasteiger partial charge in [-0.3, -0.25) is 15.0 Å². The third-order valence-electron chi connectivity index (χ3n) is 3.97. The maximum atomic E-state index is 11.3. The zero-order chi connectivity index (χ0) is 17.1. The molecule has 3 rings (SSSR count). The van der Waals surface area contributed by atoms with E-state index in [2.05, 4.69) is 27.0 Å². The zero-order valence-corrected chi connectivity index (χ0v) is 13.7. The van der Waals surface area contributed by atoms with Gasteiger partial charge in [0.05, 0.1) is 4.92 Å². The normalized spacial score (nSPS) is 15.5. The Kier molecular flexibility index (Phi) is 4.77. The molecule has 1 aliphatic rings. The summed E-state index contributed by atoms with van der Waals surface area (Å²) in [4.78, 5) is 22.5. The fourth-order valence-electron chi connectivity index (χ4n) is 2.79. The molecule has 1 fully saturated rings. The van der Waals surface area contributed by atoms with Gasteiger partial charge in [0.1, 0.15) is 0 Å². The first kappa shape index (κ1) is 16.4. The average molecular weight is 349 g/mol. The largest absolute Gasteiger partial charge is 0.378 e. The van der Waals surface area contributed by atoms with Gasteiger partial charge < -0.3 is 10.6 Å². The number of hydrogen-bond acceptors (Lipinski definition) is 7. The number of anilines is 2. The second-order valence-electron chi connectivity index (χ2n) is 5.56. The van der Waals surface area contributed by atoms with Crippen LogP contribution in [0.2, 0.25) is 5.28 Å². The molecule has 0 unspecified atom stereocenters. The third-order valence-corrected chi connectivity index (χ3v) is 4.14. The molecule has 2 heterocycles. The van der Waals surface area contributed by atoms with E-state index >= 15 is 0 Å². The molecular formula is C15H17ClN6O2. The highest BCUT2D eigenvalue weighted by Gasteiger charge is 2.29. The Balaban J connectivity index is 1.72. The molecule has 1 aromatic carbocycles.